The molecule has 1 N–H and O–H groups in total. The molecule has 1 amide bonds. The van der Waals surface area contributed by atoms with Crippen LogP contribution in [0.2, 0.25) is 0 Å². The van der Waals surface area contributed by atoms with Crippen LogP contribution in [-0.4, -0.2) is 47.5 Å². The van der Waals surface area contributed by atoms with Gasteiger partial charge in [-0.05, 0) is 48.7 Å². The molecule has 7 nitrogen and oxygen atoms in total. The predicted molar refractivity (Wildman–Crippen MR) is 98.2 cm³/mol. The highest BCUT2D eigenvalue weighted by Crippen LogP contribution is 2.24. The van der Waals surface area contributed by atoms with Gasteiger partial charge in [0.1, 0.15) is 0 Å². The number of sulfonamides is 1. The van der Waals surface area contributed by atoms with Crippen molar-refractivity contribution in [2.45, 2.75) is 24.3 Å². The van der Waals surface area contributed by atoms with Crippen LogP contribution in [0.15, 0.2) is 60.3 Å². The Morgan fingerprint density at radius 1 is 1.35 bits per heavy atom. The predicted octanol–water partition coefficient (Wildman–Crippen LogP) is 1.57. The van der Waals surface area contributed by atoms with Crippen molar-refractivity contribution >= 4 is 15.9 Å². The van der Waals surface area contributed by atoms with Gasteiger partial charge in [-0.25, -0.2) is 13.1 Å². The Morgan fingerprint density at radius 3 is 2.65 bits per heavy atom. The molecule has 2 unspecified atom stereocenters. The number of piperidine rings is 1. The van der Waals surface area contributed by atoms with Gasteiger partial charge >= 0.3 is 0 Å². The number of rotatable bonds is 5. The first-order valence-corrected chi connectivity index (χ1v) is 9.89. The fourth-order valence-corrected chi connectivity index (χ4v) is 4.68. The molecule has 0 aliphatic carbocycles. The number of hydrogen-bond donors (Lipinski definition) is 1. The van der Waals surface area contributed by atoms with Gasteiger partial charge < -0.3 is 5.32 Å². The number of nitrogens with zero attached hydrogens (tertiary/aromatic N) is 3. The number of carbonyl (C=O) groups is 1. The molecule has 1 aromatic carbocycles. The molecule has 0 saturated carbocycles. The lowest BCUT2D eigenvalue weighted by molar-refractivity contribution is -0.117. The average Bonchev–Trinajstić information content (AvgIpc) is 3.18. The summed E-state index contributed by atoms with van der Waals surface area (Å²) < 4.78 is 29.0. The molecule has 3 rings (SSSR count). The van der Waals surface area contributed by atoms with Gasteiger partial charge in [-0.15, -0.1) is 0 Å². The number of amides is 1. The molecule has 1 aliphatic rings. The fraction of sp³-hybridized carbons (Fsp3) is 0.333. The normalized spacial score (nSPS) is 21.3. The Bertz CT molecular complexity index is 876. The van der Waals surface area contributed by atoms with Crippen LogP contribution in [0.5, 0.6) is 0 Å². The van der Waals surface area contributed by atoms with Crippen molar-refractivity contribution in [1.29, 1.82) is 0 Å². The molecule has 0 spiro atoms. The van der Waals surface area contributed by atoms with E-state index in [-0.39, 0.29) is 22.8 Å². The van der Waals surface area contributed by atoms with Crippen LogP contribution in [0.3, 0.4) is 0 Å². The van der Waals surface area contributed by atoms with E-state index in [1.807, 2.05) is 6.92 Å². The summed E-state index contributed by atoms with van der Waals surface area (Å²) in [5.74, 6) is -0.210. The van der Waals surface area contributed by atoms with Crippen LogP contribution in [-0.2, 0) is 14.8 Å². The van der Waals surface area contributed by atoms with Gasteiger partial charge in [0.05, 0.1) is 10.6 Å². The molecule has 2 aromatic rings. The van der Waals surface area contributed by atoms with Gasteiger partial charge in [0.25, 0.3) is 0 Å². The lowest BCUT2D eigenvalue weighted by Gasteiger charge is -2.36. The van der Waals surface area contributed by atoms with Gasteiger partial charge in [0.2, 0.25) is 15.9 Å². The van der Waals surface area contributed by atoms with E-state index < -0.39 is 10.0 Å². The molecule has 2 heterocycles. The summed E-state index contributed by atoms with van der Waals surface area (Å²) in [6.45, 7) is 6.12. The third-order valence-corrected chi connectivity index (χ3v) is 6.50. The first-order chi connectivity index (χ1) is 12.4. The summed E-state index contributed by atoms with van der Waals surface area (Å²) in [5, 5.41) is 7.00. The minimum Gasteiger partial charge on any atom is -0.349 e. The third-order valence-electron chi connectivity index (χ3n) is 4.62. The molecule has 138 valence electrons. The first-order valence-electron chi connectivity index (χ1n) is 8.45. The molecule has 8 heteroatoms. The van der Waals surface area contributed by atoms with Crippen LogP contribution in [0.4, 0.5) is 0 Å². The second-order valence-corrected chi connectivity index (χ2v) is 8.33. The third kappa shape index (κ3) is 3.71. The molecule has 26 heavy (non-hydrogen) atoms. The zero-order chi connectivity index (χ0) is 18.7. The Balaban J connectivity index is 1.72. The second kappa shape index (κ2) is 7.43. The average molecular weight is 374 g/mol. The molecule has 2 atom stereocenters. The minimum absolute atomic E-state index is 0.0192. The molecular formula is C18H22N4O3S. The summed E-state index contributed by atoms with van der Waals surface area (Å²) in [5.41, 5.74) is 0.799. The highest BCUT2D eigenvalue weighted by Gasteiger charge is 2.33. The molecule has 0 bridgehead atoms. The van der Waals surface area contributed by atoms with Gasteiger partial charge in [0, 0.05) is 31.5 Å². The summed E-state index contributed by atoms with van der Waals surface area (Å²) in [6.07, 6.45) is 5.27. The number of carbonyl (C=O) groups excluding carboxylic acids is 1. The molecular weight excluding hydrogens is 352 g/mol. The van der Waals surface area contributed by atoms with Crippen molar-refractivity contribution in [3.63, 3.8) is 0 Å². The number of nitrogens with one attached hydrogen (secondary N) is 1. The largest absolute Gasteiger partial charge is 0.349 e. The Labute approximate surface area is 153 Å². The second-order valence-electron chi connectivity index (χ2n) is 6.39. The Morgan fingerprint density at radius 2 is 2.08 bits per heavy atom. The van der Waals surface area contributed by atoms with Gasteiger partial charge in [0.15, 0.2) is 0 Å². The lowest BCUT2D eigenvalue weighted by Crippen LogP contribution is -2.51. The molecule has 1 aromatic heterocycles. The van der Waals surface area contributed by atoms with Crippen molar-refractivity contribution in [2.75, 3.05) is 13.1 Å². The summed E-state index contributed by atoms with van der Waals surface area (Å²) in [6, 6.07) is 8.43. The van der Waals surface area contributed by atoms with Crippen LogP contribution in [0.25, 0.3) is 5.69 Å². The topological polar surface area (TPSA) is 84.3 Å². The first kappa shape index (κ1) is 18.3. The molecule has 1 fully saturated rings. The number of benzene rings is 1. The van der Waals surface area contributed by atoms with Gasteiger partial charge in [-0.1, -0.05) is 13.5 Å². The minimum atomic E-state index is -3.57. The Hall–Kier alpha value is -2.45. The standard InChI is InChI=1S/C18H22N4O3S/c1-3-18(23)20-17-9-12-21(13-14(17)2)26(24,25)16-7-5-15(6-8-16)22-11-4-10-19-22/h3-8,10-11,14,17H,1,9,12-13H2,2H3,(H,20,23). The summed E-state index contributed by atoms with van der Waals surface area (Å²) in [7, 11) is -3.57. The van der Waals surface area contributed by atoms with E-state index in [1.54, 1.807) is 47.4 Å². The van der Waals surface area contributed by atoms with Crippen molar-refractivity contribution in [3.05, 3.63) is 55.4 Å². The quantitative estimate of drug-likeness (QED) is 0.805. The SMILES string of the molecule is C=CC(=O)NC1CCN(S(=O)(=O)c2ccc(-n3cccn3)cc2)CC1C. The molecule has 0 radical (unpaired) electrons. The Kier molecular flexibility index (Phi) is 5.24. The van der Waals surface area contributed by atoms with E-state index in [0.717, 1.165) is 5.69 Å². The van der Waals surface area contributed by atoms with Crippen molar-refractivity contribution in [1.82, 2.24) is 19.4 Å². The highest BCUT2D eigenvalue weighted by atomic mass is 32.2. The van der Waals surface area contributed by atoms with Crippen LogP contribution >= 0.6 is 0 Å². The maximum absolute atomic E-state index is 12.9. The van der Waals surface area contributed by atoms with E-state index in [9.17, 15) is 13.2 Å². The van der Waals surface area contributed by atoms with Crippen molar-refractivity contribution in [3.8, 4) is 5.69 Å². The monoisotopic (exact) mass is 374 g/mol. The summed E-state index contributed by atoms with van der Waals surface area (Å²) >= 11 is 0. The van der Waals surface area contributed by atoms with Crippen LogP contribution < -0.4 is 5.32 Å². The zero-order valence-electron chi connectivity index (χ0n) is 14.6. The van der Waals surface area contributed by atoms with E-state index in [2.05, 4.69) is 17.0 Å². The zero-order valence-corrected chi connectivity index (χ0v) is 15.4. The smallest absolute Gasteiger partial charge is 0.243 e. The van der Waals surface area contributed by atoms with Crippen LogP contribution in [0.1, 0.15) is 13.3 Å². The highest BCUT2D eigenvalue weighted by molar-refractivity contribution is 7.89. The number of aromatic nitrogens is 2. The van der Waals surface area contributed by atoms with E-state index in [4.69, 9.17) is 0 Å². The van der Waals surface area contributed by atoms with E-state index >= 15 is 0 Å². The van der Waals surface area contributed by atoms with Gasteiger partial charge in [-0.3, -0.25) is 4.79 Å². The maximum Gasteiger partial charge on any atom is 0.243 e. The van der Waals surface area contributed by atoms with Gasteiger partial charge in [-0.2, -0.15) is 9.40 Å². The van der Waals surface area contributed by atoms with Crippen LogP contribution in [0, 0.1) is 5.92 Å². The molecule has 1 saturated heterocycles. The van der Waals surface area contributed by atoms with E-state index in [1.165, 1.54) is 10.4 Å². The van der Waals surface area contributed by atoms with E-state index in [0.29, 0.717) is 19.5 Å². The maximum atomic E-state index is 12.9. The molecule has 1 aliphatic heterocycles. The number of hydrogen-bond acceptors (Lipinski definition) is 4. The van der Waals surface area contributed by atoms with Crippen molar-refractivity contribution < 1.29 is 13.2 Å². The fourth-order valence-electron chi connectivity index (χ4n) is 3.12. The van der Waals surface area contributed by atoms with Crippen molar-refractivity contribution in [2.24, 2.45) is 5.92 Å². The summed E-state index contributed by atoms with van der Waals surface area (Å²) in [4.78, 5) is 11.7. The lowest BCUT2D eigenvalue weighted by atomic mass is 9.95.